The third kappa shape index (κ3) is 5.14. The molecule has 1 aromatic rings. The van der Waals surface area contributed by atoms with Crippen LogP contribution in [0.2, 0.25) is 16.6 Å². The molecule has 0 spiro atoms. The van der Waals surface area contributed by atoms with Crippen molar-refractivity contribution in [1.82, 2.24) is 0 Å². The molecule has 0 radical (unpaired) electrons. The Balaban J connectivity index is 2.71. The fourth-order valence-electron chi connectivity index (χ4n) is 3.95. The lowest BCUT2D eigenvalue weighted by Gasteiger charge is -2.39. The van der Waals surface area contributed by atoms with Crippen LogP contribution in [0, 0.1) is 25.9 Å². The van der Waals surface area contributed by atoms with E-state index in [1.165, 1.54) is 16.7 Å². The van der Waals surface area contributed by atoms with E-state index in [9.17, 15) is 0 Å². The first-order valence-electron chi connectivity index (χ1n) is 8.93. The summed E-state index contributed by atoms with van der Waals surface area (Å²) in [5.41, 5.74) is 5.77. The summed E-state index contributed by atoms with van der Waals surface area (Å²) < 4.78 is 6.28. The Hall–Kier alpha value is -1.20. The molecule has 0 aromatic heterocycles. The van der Waals surface area contributed by atoms with Gasteiger partial charge in [0, 0.05) is 6.42 Å². The summed E-state index contributed by atoms with van der Waals surface area (Å²) in [5.74, 6) is 3.26. The van der Waals surface area contributed by atoms with Gasteiger partial charge in [0.2, 0.25) is 0 Å². The van der Waals surface area contributed by atoms with Gasteiger partial charge in [-0.1, -0.05) is 76.8 Å². The molecule has 1 nitrogen and oxygen atoms in total. The first kappa shape index (κ1) is 19.8. The maximum atomic E-state index is 6.28. The van der Waals surface area contributed by atoms with Crippen LogP contribution in [0.5, 0.6) is 0 Å². The Morgan fingerprint density at radius 1 is 0.870 bits per heavy atom. The minimum Gasteiger partial charge on any atom is -0.500 e. The summed E-state index contributed by atoms with van der Waals surface area (Å²) in [7, 11) is -1.85. The maximum Gasteiger partial charge on any atom is 0.272 e. The van der Waals surface area contributed by atoms with Crippen molar-refractivity contribution in [1.29, 1.82) is 0 Å². The Morgan fingerprint density at radius 2 is 1.35 bits per heavy atom. The molecule has 0 unspecified atom stereocenters. The molecule has 1 rings (SSSR count). The van der Waals surface area contributed by atoms with Crippen molar-refractivity contribution in [3.05, 3.63) is 34.9 Å². The minimum atomic E-state index is -1.85. The zero-order valence-corrected chi connectivity index (χ0v) is 17.3. The van der Waals surface area contributed by atoms with Crippen LogP contribution >= 0.6 is 0 Å². The fourth-order valence-corrected chi connectivity index (χ4v) is 8.91. The Bertz CT molecular complexity index is 519. The number of rotatable bonds is 6. The molecule has 0 amide bonds. The van der Waals surface area contributed by atoms with Crippen LogP contribution in [0.1, 0.15) is 64.7 Å². The van der Waals surface area contributed by atoms with Crippen molar-refractivity contribution in [3.8, 4) is 12.0 Å². The van der Waals surface area contributed by atoms with Crippen LogP contribution in [0.4, 0.5) is 0 Å². The van der Waals surface area contributed by atoms with E-state index in [-0.39, 0.29) is 0 Å². The third-order valence-corrected chi connectivity index (χ3v) is 10.7. The zero-order valence-electron chi connectivity index (χ0n) is 16.3. The molecule has 0 aliphatic heterocycles. The third-order valence-electron chi connectivity index (χ3n) is 4.83. The number of benzene rings is 1. The largest absolute Gasteiger partial charge is 0.500 e. The molecule has 23 heavy (non-hydrogen) atoms. The molecule has 2 heteroatoms. The minimum absolute atomic E-state index is 0.580. The monoisotopic (exact) mass is 330 g/mol. The highest BCUT2D eigenvalue weighted by Gasteiger charge is 2.46. The Kier molecular flexibility index (Phi) is 7.41. The molecule has 128 valence electrons. The van der Waals surface area contributed by atoms with Gasteiger partial charge in [0.05, 0.1) is 6.11 Å². The van der Waals surface area contributed by atoms with E-state index in [0.29, 0.717) is 16.6 Å². The summed E-state index contributed by atoms with van der Waals surface area (Å²) in [4.78, 5) is 0. The van der Waals surface area contributed by atoms with E-state index < -0.39 is 8.32 Å². The molecule has 0 saturated heterocycles. The van der Waals surface area contributed by atoms with Gasteiger partial charge in [-0.05, 0) is 42.5 Å². The van der Waals surface area contributed by atoms with E-state index in [1.807, 2.05) is 0 Å². The van der Waals surface area contributed by atoms with Gasteiger partial charge in [-0.3, -0.25) is 0 Å². The van der Waals surface area contributed by atoms with Crippen molar-refractivity contribution in [2.45, 2.75) is 84.9 Å². The Morgan fingerprint density at radius 3 is 1.78 bits per heavy atom. The molecule has 0 N–H and O–H groups in total. The van der Waals surface area contributed by atoms with Gasteiger partial charge < -0.3 is 4.43 Å². The summed E-state index contributed by atoms with van der Waals surface area (Å²) in [5, 5.41) is 0. The summed E-state index contributed by atoms with van der Waals surface area (Å²) in [6.07, 6.45) is 4.94. The highest BCUT2D eigenvalue weighted by Crippen LogP contribution is 2.41. The second-order valence-corrected chi connectivity index (χ2v) is 13.1. The van der Waals surface area contributed by atoms with Crippen LogP contribution in [0.15, 0.2) is 18.2 Å². The predicted molar refractivity (Wildman–Crippen MR) is 104 cm³/mol. The van der Waals surface area contributed by atoms with Gasteiger partial charge in [-0.2, -0.15) is 0 Å². The van der Waals surface area contributed by atoms with Crippen LogP contribution < -0.4 is 0 Å². The molecular weight excluding hydrogens is 296 g/mol. The van der Waals surface area contributed by atoms with E-state index in [1.54, 1.807) is 0 Å². The highest BCUT2D eigenvalue weighted by molar-refractivity contribution is 6.77. The molecule has 0 atom stereocenters. The Labute approximate surface area is 145 Å². The SMILES string of the molecule is Cc1cc(C)cc(CCC#CO[Si](C(C)C)(C(C)C)C(C)C)c1. The lowest BCUT2D eigenvalue weighted by molar-refractivity contribution is 0.446. The molecule has 0 fully saturated rings. The van der Waals surface area contributed by atoms with Gasteiger partial charge in [0.1, 0.15) is 0 Å². The van der Waals surface area contributed by atoms with Gasteiger partial charge in [0.15, 0.2) is 0 Å². The van der Waals surface area contributed by atoms with Crippen LogP contribution in [-0.2, 0) is 10.8 Å². The van der Waals surface area contributed by atoms with Crippen molar-refractivity contribution in [2.75, 3.05) is 0 Å². The van der Waals surface area contributed by atoms with E-state index in [4.69, 9.17) is 4.43 Å². The molecule has 0 heterocycles. The van der Waals surface area contributed by atoms with Crippen molar-refractivity contribution >= 4 is 8.32 Å². The normalized spacial score (nSPS) is 11.8. The average molecular weight is 331 g/mol. The quantitative estimate of drug-likeness (QED) is 0.434. The maximum absolute atomic E-state index is 6.28. The summed E-state index contributed by atoms with van der Waals surface area (Å²) in [6.45, 7) is 18.1. The molecular formula is C21H34OSi. The lowest BCUT2D eigenvalue weighted by Crippen LogP contribution is -2.46. The van der Waals surface area contributed by atoms with Gasteiger partial charge in [-0.15, -0.1) is 0 Å². The zero-order chi connectivity index (χ0) is 17.6. The van der Waals surface area contributed by atoms with Gasteiger partial charge >= 0.3 is 0 Å². The first-order valence-corrected chi connectivity index (χ1v) is 11.1. The van der Waals surface area contributed by atoms with Crippen molar-refractivity contribution < 1.29 is 4.43 Å². The number of aryl methyl sites for hydroxylation is 3. The van der Waals surface area contributed by atoms with Crippen molar-refractivity contribution in [3.63, 3.8) is 0 Å². The predicted octanol–water partition coefficient (Wildman–Crippen LogP) is 6.39. The number of hydrogen-bond donors (Lipinski definition) is 0. The summed E-state index contributed by atoms with van der Waals surface area (Å²) >= 11 is 0. The van der Waals surface area contributed by atoms with Gasteiger partial charge in [0.25, 0.3) is 8.32 Å². The molecule has 0 aliphatic rings. The first-order chi connectivity index (χ1) is 10.7. The van der Waals surface area contributed by atoms with Crippen LogP contribution in [-0.4, -0.2) is 8.32 Å². The second kappa shape index (κ2) is 8.59. The molecule has 1 aromatic carbocycles. The lowest BCUT2D eigenvalue weighted by atomic mass is 10.0. The highest BCUT2D eigenvalue weighted by atomic mass is 28.4. The van der Waals surface area contributed by atoms with Crippen LogP contribution in [0.25, 0.3) is 0 Å². The standard InChI is InChI=1S/C21H34OSi/c1-16(2)23(17(3)4,18(5)6)22-12-10-9-11-21-14-19(7)13-20(8)15-21/h13-18H,9,11H2,1-8H3. The summed E-state index contributed by atoms with van der Waals surface area (Å²) in [6, 6.07) is 6.72. The second-order valence-electron chi connectivity index (χ2n) is 7.69. The smallest absolute Gasteiger partial charge is 0.272 e. The topological polar surface area (TPSA) is 9.23 Å². The molecule has 0 bridgehead atoms. The van der Waals surface area contributed by atoms with E-state index in [0.717, 1.165) is 12.8 Å². The number of hydrogen-bond acceptors (Lipinski definition) is 1. The fraction of sp³-hybridized carbons (Fsp3) is 0.619. The average Bonchev–Trinajstić information content (AvgIpc) is 2.40. The van der Waals surface area contributed by atoms with Crippen LogP contribution in [0.3, 0.4) is 0 Å². The van der Waals surface area contributed by atoms with E-state index >= 15 is 0 Å². The van der Waals surface area contributed by atoms with E-state index in [2.05, 4.69) is 85.6 Å². The molecule has 0 aliphatic carbocycles. The molecule has 0 saturated carbocycles. The van der Waals surface area contributed by atoms with Gasteiger partial charge in [-0.25, -0.2) is 0 Å². The van der Waals surface area contributed by atoms with Crippen molar-refractivity contribution in [2.24, 2.45) is 0 Å².